The van der Waals surface area contributed by atoms with Gasteiger partial charge in [-0.15, -0.1) is 0 Å². The fourth-order valence-electron chi connectivity index (χ4n) is 1.32. The van der Waals surface area contributed by atoms with E-state index in [0.29, 0.717) is 18.0 Å². The lowest BCUT2D eigenvalue weighted by Crippen LogP contribution is -2.25. The first-order valence-electron chi connectivity index (χ1n) is 5.69. The van der Waals surface area contributed by atoms with Crippen LogP contribution < -0.4 is 5.32 Å². The van der Waals surface area contributed by atoms with E-state index in [-0.39, 0.29) is 5.97 Å². The Bertz CT molecular complexity index is 429. The van der Waals surface area contributed by atoms with E-state index in [9.17, 15) is 4.79 Å². The summed E-state index contributed by atoms with van der Waals surface area (Å²) in [6.45, 7) is 6.08. The predicted octanol–water partition coefficient (Wildman–Crippen LogP) is 4.09. The predicted molar refractivity (Wildman–Crippen MR) is 83.1 cm³/mol. The van der Waals surface area contributed by atoms with Crippen LogP contribution in [0.25, 0.3) is 0 Å². The molecule has 0 aliphatic rings. The third-order valence-electron chi connectivity index (χ3n) is 2.00. The highest BCUT2D eigenvalue weighted by molar-refractivity contribution is 14.1. The van der Waals surface area contributed by atoms with Crippen LogP contribution >= 0.6 is 34.2 Å². The Hall–Kier alpha value is -0.490. The second kappa shape index (κ2) is 6.61. The normalized spacial score (nSPS) is 11.2. The maximum atomic E-state index is 11.5. The number of halogens is 2. The quantitative estimate of drug-likeness (QED) is 0.631. The molecule has 1 rings (SSSR count). The van der Waals surface area contributed by atoms with Gasteiger partial charge in [0, 0.05) is 10.1 Å². The molecule has 0 aliphatic heterocycles. The lowest BCUT2D eigenvalue weighted by atomic mass is 10.2. The molecule has 100 valence electrons. The summed E-state index contributed by atoms with van der Waals surface area (Å²) < 4.78 is 6.29. The molecule has 0 radical (unpaired) electrons. The van der Waals surface area contributed by atoms with Gasteiger partial charge in [-0.25, -0.2) is 0 Å². The van der Waals surface area contributed by atoms with Gasteiger partial charge >= 0.3 is 5.97 Å². The van der Waals surface area contributed by atoms with Crippen molar-refractivity contribution in [3.8, 4) is 0 Å². The van der Waals surface area contributed by atoms with Gasteiger partial charge in [-0.1, -0.05) is 11.6 Å². The lowest BCUT2D eigenvalue weighted by molar-refractivity contribution is -0.154. The van der Waals surface area contributed by atoms with Gasteiger partial charge in [0.15, 0.2) is 0 Å². The van der Waals surface area contributed by atoms with E-state index >= 15 is 0 Å². The molecule has 1 aromatic rings. The Balaban J connectivity index is 2.40. The van der Waals surface area contributed by atoms with E-state index in [1.165, 1.54) is 0 Å². The van der Waals surface area contributed by atoms with Gasteiger partial charge in [-0.05, 0) is 61.6 Å². The zero-order chi connectivity index (χ0) is 13.8. The zero-order valence-corrected chi connectivity index (χ0v) is 13.6. The molecular formula is C13H17ClINO2. The van der Waals surface area contributed by atoms with Crippen molar-refractivity contribution in [3.63, 3.8) is 0 Å². The van der Waals surface area contributed by atoms with Crippen molar-refractivity contribution in [2.75, 3.05) is 11.9 Å². The monoisotopic (exact) mass is 381 g/mol. The van der Waals surface area contributed by atoms with Gasteiger partial charge in [0.25, 0.3) is 0 Å². The van der Waals surface area contributed by atoms with Crippen LogP contribution in [0, 0.1) is 3.57 Å². The molecule has 0 unspecified atom stereocenters. The summed E-state index contributed by atoms with van der Waals surface area (Å²) in [4.78, 5) is 11.5. The topological polar surface area (TPSA) is 38.3 Å². The van der Waals surface area contributed by atoms with Gasteiger partial charge < -0.3 is 10.1 Å². The number of ether oxygens (including phenoxy) is 1. The summed E-state index contributed by atoms with van der Waals surface area (Å²) in [6, 6.07) is 5.74. The van der Waals surface area contributed by atoms with Gasteiger partial charge in [-0.2, -0.15) is 0 Å². The number of carbonyl (C=O) groups is 1. The number of hydrogen-bond donors (Lipinski definition) is 1. The Morgan fingerprint density at radius 2 is 2.11 bits per heavy atom. The van der Waals surface area contributed by atoms with E-state index in [4.69, 9.17) is 16.3 Å². The second-order valence-electron chi connectivity index (χ2n) is 4.89. The third kappa shape index (κ3) is 5.91. The molecule has 18 heavy (non-hydrogen) atoms. The van der Waals surface area contributed by atoms with Crippen molar-refractivity contribution < 1.29 is 9.53 Å². The highest BCUT2D eigenvalue weighted by Crippen LogP contribution is 2.23. The van der Waals surface area contributed by atoms with Gasteiger partial charge in [0.2, 0.25) is 0 Å². The Labute approximate surface area is 126 Å². The largest absolute Gasteiger partial charge is 0.460 e. The molecule has 3 nitrogen and oxygen atoms in total. The summed E-state index contributed by atoms with van der Waals surface area (Å²) in [5.41, 5.74) is 0.401. The molecule has 0 heterocycles. The van der Waals surface area contributed by atoms with Crippen LogP contribution in [0.5, 0.6) is 0 Å². The number of hydrogen-bond acceptors (Lipinski definition) is 3. The van der Waals surface area contributed by atoms with Crippen molar-refractivity contribution in [2.24, 2.45) is 0 Å². The smallest absolute Gasteiger partial charge is 0.308 e. The first-order valence-corrected chi connectivity index (χ1v) is 7.14. The molecule has 0 aliphatic carbocycles. The average Bonchev–Trinajstić information content (AvgIpc) is 2.18. The molecule has 0 fully saturated rings. The van der Waals surface area contributed by atoms with Crippen molar-refractivity contribution in [1.29, 1.82) is 0 Å². The molecule has 0 spiro atoms. The number of benzene rings is 1. The minimum absolute atomic E-state index is 0.211. The summed E-state index contributed by atoms with van der Waals surface area (Å²) in [5, 5.41) is 3.78. The van der Waals surface area contributed by atoms with E-state index in [1.807, 2.05) is 39.0 Å². The SMILES string of the molecule is CC(C)(C)OC(=O)CCNc1ccc(I)cc1Cl. The molecule has 1 N–H and O–H groups in total. The summed E-state index contributed by atoms with van der Waals surface area (Å²) in [6.07, 6.45) is 0.319. The van der Waals surface area contributed by atoms with Crippen molar-refractivity contribution in [3.05, 3.63) is 26.8 Å². The summed E-state index contributed by atoms with van der Waals surface area (Å²) in [7, 11) is 0. The Morgan fingerprint density at radius 1 is 1.44 bits per heavy atom. The van der Waals surface area contributed by atoms with E-state index in [0.717, 1.165) is 9.26 Å². The van der Waals surface area contributed by atoms with Crippen molar-refractivity contribution in [2.45, 2.75) is 32.8 Å². The standard InChI is InChI=1S/C13H17ClINO2/c1-13(2,3)18-12(17)6-7-16-11-5-4-9(15)8-10(11)14/h4-5,8,16H,6-7H2,1-3H3. The van der Waals surface area contributed by atoms with Crippen molar-refractivity contribution in [1.82, 2.24) is 0 Å². The van der Waals surface area contributed by atoms with Crippen LogP contribution in [0.2, 0.25) is 5.02 Å². The molecule has 0 atom stereocenters. The molecule has 0 amide bonds. The number of nitrogens with one attached hydrogen (secondary N) is 1. The van der Waals surface area contributed by atoms with Crippen LogP contribution in [0.4, 0.5) is 5.69 Å². The highest BCUT2D eigenvalue weighted by Gasteiger charge is 2.15. The summed E-state index contributed by atoms with van der Waals surface area (Å²) in [5.74, 6) is -0.211. The zero-order valence-electron chi connectivity index (χ0n) is 10.7. The van der Waals surface area contributed by atoms with Crippen LogP contribution in [-0.2, 0) is 9.53 Å². The molecule has 0 saturated heterocycles. The van der Waals surface area contributed by atoms with Gasteiger partial charge in [-0.3, -0.25) is 4.79 Å². The average molecular weight is 382 g/mol. The van der Waals surface area contributed by atoms with E-state index in [1.54, 1.807) is 0 Å². The van der Waals surface area contributed by atoms with Crippen LogP contribution in [0.3, 0.4) is 0 Å². The minimum atomic E-state index is -0.433. The first kappa shape index (κ1) is 15.6. The molecule has 0 saturated carbocycles. The summed E-state index contributed by atoms with van der Waals surface area (Å²) >= 11 is 8.27. The van der Waals surface area contributed by atoms with Crippen LogP contribution in [0.1, 0.15) is 27.2 Å². The fraction of sp³-hybridized carbons (Fsp3) is 0.462. The number of rotatable bonds is 4. The van der Waals surface area contributed by atoms with Crippen molar-refractivity contribution >= 4 is 45.8 Å². The molecular weight excluding hydrogens is 365 g/mol. The van der Waals surface area contributed by atoms with E-state index < -0.39 is 5.60 Å². The first-order chi connectivity index (χ1) is 8.28. The lowest BCUT2D eigenvalue weighted by Gasteiger charge is -2.19. The number of carbonyl (C=O) groups excluding carboxylic acids is 1. The molecule has 0 aromatic heterocycles. The van der Waals surface area contributed by atoms with Crippen LogP contribution in [0.15, 0.2) is 18.2 Å². The number of esters is 1. The van der Waals surface area contributed by atoms with E-state index in [2.05, 4.69) is 27.9 Å². The van der Waals surface area contributed by atoms with Gasteiger partial charge in [0.05, 0.1) is 17.1 Å². The van der Waals surface area contributed by atoms with Gasteiger partial charge in [0.1, 0.15) is 5.60 Å². The molecule has 1 aromatic carbocycles. The van der Waals surface area contributed by atoms with Crippen LogP contribution in [-0.4, -0.2) is 18.1 Å². The minimum Gasteiger partial charge on any atom is -0.460 e. The number of anilines is 1. The fourth-order valence-corrected chi connectivity index (χ4v) is 2.25. The second-order valence-corrected chi connectivity index (χ2v) is 6.54. The molecule has 0 bridgehead atoms. The maximum Gasteiger partial charge on any atom is 0.308 e. The maximum absolute atomic E-state index is 11.5. The molecule has 5 heteroatoms. The highest BCUT2D eigenvalue weighted by atomic mass is 127. The Kier molecular flexibility index (Phi) is 5.72. The third-order valence-corrected chi connectivity index (χ3v) is 2.98. The Morgan fingerprint density at radius 3 is 2.67 bits per heavy atom.